The van der Waals surface area contributed by atoms with Gasteiger partial charge in [0.2, 0.25) is 0 Å². The number of halogens is 1. The van der Waals surface area contributed by atoms with E-state index in [1.165, 1.54) is 30.3 Å². The topological polar surface area (TPSA) is 92.3 Å². The van der Waals surface area contributed by atoms with Gasteiger partial charge in [-0.05, 0) is 60.0 Å². The zero-order valence-corrected chi connectivity index (χ0v) is 15.5. The van der Waals surface area contributed by atoms with E-state index in [-0.39, 0.29) is 14.8 Å². The third-order valence-electron chi connectivity index (χ3n) is 3.27. The van der Waals surface area contributed by atoms with E-state index in [1.54, 1.807) is 11.4 Å². The number of rotatable bonds is 6. The van der Waals surface area contributed by atoms with E-state index in [9.17, 15) is 21.2 Å². The zero-order chi connectivity index (χ0) is 18.8. The monoisotopic (exact) mass is 412 g/mol. The number of hydrogen-bond donors (Lipinski definition) is 2. The molecular formula is C16H13FN2O4S3. The van der Waals surface area contributed by atoms with Crippen LogP contribution in [0.25, 0.3) is 0 Å². The number of benzene rings is 2. The summed E-state index contributed by atoms with van der Waals surface area (Å²) in [4.78, 5) is -0.0821. The predicted molar refractivity (Wildman–Crippen MR) is 98.8 cm³/mol. The Morgan fingerprint density at radius 3 is 1.77 bits per heavy atom. The molecule has 136 valence electrons. The van der Waals surface area contributed by atoms with Crippen LogP contribution >= 0.6 is 11.3 Å². The Bertz CT molecular complexity index is 1090. The van der Waals surface area contributed by atoms with Gasteiger partial charge in [0.1, 0.15) is 10.0 Å². The normalized spacial score (nSPS) is 11.9. The quantitative estimate of drug-likeness (QED) is 0.648. The molecule has 0 aliphatic carbocycles. The fourth-order valence-electron chi connectivity index (χ4n) is 2.06. The largest absolute Gasteiger partial charge is 0.280 e. The van der Waals surface area contributed by atoms with Crippen molar-refractivity contribution in [2.45, 2.75) is 9.10 Å². The van der Waals surface area contributed by atoms with Gasteiger partial charge in [-0.2, -0.15) is 0 Å². The van der Waals surface area contributed by atoms with Gasteiger partial charge in [-0.3, -0.25) is 9.44 Å². The molecule has 0 radical (unpaired) electrons. The number of nitrogens with one attached hydrogen (secondary N) is 2. The summed E-state index contributed by atoms with van der Waals surface area (Å²) in [5.74, 6) is -0.536. The molecule has 10 heteroatoms. The molecule has 26 heavy (non-hydrogen) atoms. The fraction of sp³-hybridized carbons (Fsp3) is 0. The molecule has 6 nitrogen and oxygen atoms in total. The number of sulfonamides is 2. The van der Waals surface area contributed by atoms with Gasteiger partial charge in [-0.25, -0.2) is 21.2 Å². The van der Waals surface area contributed by atoms with Crippen LogP contribution in [0.3, 0.4) is 0 Å². The summed E-state index contributed by atoms with van der Waals surface area (Å²) in [6.45, 7) is 0. The Morgan fingerprint density at radius 2 is 1.27 bits per heavy atom. The van der Waals surface area contributed by atoms with Gasteiger partial charge in [0.25, 0.3) is 20.0 Å². The first-order valence-corrected chi connectivity index (χ1v) is 11.1. The molecule has 0 atom stereocenters. The van der Waals surface area contributed by atoms with Gasteiger partial charge in [-0.1, -0.05) is 6.07 Å². The highest BCUT2D eigenvalue weighted by Gasteiger charge is 2.16. The Labute approximate surface area is 154 Å². The van der Waals surface area contributed by atoms with Crippen LogP contribution in [0.1, 0.15) is 0 Å². The maximum absolute atomic E-state index is 12.9. The van der Waals surface area contributed by atoms with Crippen LogP contribution in [-0.2, 0) is 20.0 Å². The first-order chi connectivity index (χ1) is 12.3. The van der Waals surface area contributed by atoms with Crippen LogP contribution in [-0.4, -0.2) is 16.8 Å². The lowest BCUT2D eigenvalue weighted by molar-refractivity contribution is 0.598. The minimum Gasteiger partial charge on any atom is -0.280 e. The SMILES string of the molecule is O=S(=O)(Nc1ccc(NS(=O)(=O)c2cccs2)cc1)c1ccc(F)cc1. The molecule has 0 saturated heterocycles. The van der Waals surface area contributed by atoms with Crippen molar-refractivity contribution in [1.29, 1.82) is 0 Å². The molecule has 2 aromatic carbocycles. The molecule has 0 saturated carbocycles. The number of thiophene rings is 1. The smallest absolute Gasteiger partial charge is 0.271 e. The van der Waals surface area contributed by atoms with Crippen molar-refractivity contribution in [1.82, 2.24) is 0 Å². The Balaban J connectivity index is 1.75. The first kappa shape index (κ1) is 18.4. The van der Waals surface area contributed by atoms with Gasteiger partial charge in [-0.15, -0.1) is 11.3 Å². The lowest BCUT2D eigenvalue weighted by atomic mass is 10.3. The van der Waals surface area contributed by atoms with Crippen molar-refractivity contribution < 1.29 is 21.2 Å². The summed E-state index contributed by atoms with van der Waals surface area (Å²) >= 11 is 1.09. The maximum Gasteiger partial charge on any atom is 0.271 e. The average molecular weight is 412 g/mol. The Kier molecular flexibility index (Phi) is 4.99. The van der Waals surface area contributed by atoms with E-state index in [2.05, 4.69) is 9.44 Å². The van der Waals surface area contributed by atoms with Crippen LogP contribution in [0.2, 0.25) is 0 Å². The van der Waals surface area contributed by atoms with Crippen LogP contribution in [0.4, 0.5) is 15.8 Å². The summed E-state index contributed by atoms with van der Waals surface area (Å²) in [7, 11) is -7.54. The van der Waals surface area contributed by atoms with Crippen molar-refractivity contribution in [3.8, 4) is 0 Å². The molecule has 0 aliphatic rings. The lowest BCUT2D eigenvalue weighted by Crippen LogP contribution is -2.13. The summed E-state index contributed by atoms with van der Waals surface area (Å²) < 4.78 is 66.6. The third kappa shape index (κ3) is 4.21. The average Bonchev–Trinajstić information content (AvgIpc) is 3.12. The van der Waals surface area contributed by atoms with Crippen molar-refractivity contribution in [3.05, 3.63) is 71.9 Å². The summed E-state index contributed by atoms with van der Waals surface area (Å²) in [5, 5.41) is 1.65. The molecule has 0 unspecified atom stereocenters. The van der Waals surface area contributed by atoms with Crippen LogP contribution < -0.4 is 9.44 Å². The van der Waals surface area contributed by atoms with Gasteiger partial charge < -0.3 is 0 Å². The van der Waals surface area contributed by atoms with Gasteiger partial charge in [0, 0.05) is 11.4 Å². The molecule has 2 N–H and O–H groups in total. The van der Waals surface area contributed by atoms with E-state index in [1.807, 2.05) is 0 Å². The maximum atomic E-state index is 12.9. The van der Waals surface area contributed by atoms with E-state index in [4.69, 9.17) is 0 Å². The number of hydrogen-bond acceptors (Lipinski definition) is 5. The van der Waals surface area contributed by atoms with Crippen LogP contribution in [0.15, 0.2) is 75.1 Å². The highest BCUT2D eigenvalue weighted by atomic mass is 32.2. The van der Waals surface area contributed by atoms with Gasteiger partial charge >= 0.3 is 0 Å². The predicted octanol–water partition coefficient (Wildman–Crippen LogP) is 3.49. The van der Waals surface area contributed by atoms with E-state index >= 15 is 0 Å². The molecule has 0 amide bonds. The minimum atomic E-state index is -3.87. The van der Waals surface area contributed by atoms with Crippen molar-refractivity contribution in [2.75, 3.05) is 9.44 Å². The summed E-state index contributed by atoms with van der Waals surface area (Å²) in [6.07, 6.45) is 0. The third-order valence-corrected chi connectivity index (χ3v) is 7.45. The van der Waals surface area contributed by atoms with E-state index < -0.39 is 25.9 Å². The zero-order valence-electron chi connectivity index (χ0n) is 13.1. The molecule has 0 bridgehead atoms. The molecule has 3 rings (SSSR count). The molecule has 3 aromatic rings. The first-order valence-electron chi connectivity index (χ1n) is 7.21. The fourth-order valence-corrected chi connectivity index (χ4v) is 5.17. The molecule has 1 aromatic heterocycles. The van der Waals surface area contributed by atoms with E-state index in [0.29, 0.717) is 5.69 Å². The van der Waals surface area contributed by atoms with Crippen molar-refractivity contribution >= 4 is 42.8 Å². The molecule has 1 heterocycles. The van der Waals surface area contributed by atoms with Crippen LogP contribution in [0.5, 0.6) is 0 Å². The molecule has 0 aliphatic heterocycles. The van der Waals surface area contributed by atoms with Crippen molar-refractivity contribution in [2.24, 2.45) is 0 Å². The highest BCUT2D eigenvalue weighted by Crippen LogP contribution is 2.22. The molecular weight excluding hydrogens is 399 g/mol. The summed E-state index contributed by atoms with van der Waals surface area (Å²) in [6, 6.07) is 13.3. The van der Waals surface area contributed by atoms with Crippen LogP contribution in [0, 0.1) is 5.82 Å². The minimum absolute atomic E-state index is 0.0821. The standard InChI is InChI=1S/C16H13FN2O4S3/c17-12-3-9-15(10-4-12)25(20,21)18-13-5-7-14(8-6-13)19-26(22,23)16-2-1-11-24-16/h1-11,18-19H. The molecule has 0 fully saturated rings. The van der Waals surface area contributed by atoms with Gasteiger partial charge in [0.15, 0.2) is 0 Å². The molecule has 0 spiro atoms. The second kappa shape index (κ2) is 7.06. The second-order valence-electron chi connectivity index (χ2n) is 5.17. The summed E-state index contributed by atoms with van der Waals surface area (Å²) in [5.41, 5.74) is 0.538. The highest BCUT2D eigenvalue weighted by molar-refractivity contribution is 7.94. The Hall–Kier alpha value is -2.43. The number of anilines is 2. The Morgan fingerprint density at radius 1 is 0.731 bits per heavy atom. The van der Waals surface area contributed by atoms with E-state index in [0.717, 1.165) is 35.6 Å². The van der Waals surface area contributed by atoms with Crippen molar-refractivity contribution in [3.63, 3.8) is 0 Å². The van der Waals surface area contributed by atoms with Gasteiger partial charge in [0.05, 0.1) is 4.90 Å². The lowest BCUT2D eigenvalue weighted by Gasteiger charge is -2.10. The second-order valence-corrected chi connectivity index (χ2v) is 9.71.